The number of sulfone groups is 1. The predicted octanol–water partition coefficient (Wildman–Crippen LogP) is 1.29. The number of carbonyl (C=O) groups is 2. The third-order valence-electron chi connectivity index (χ3n) is 3.43. The Hall–Kier alpha value is -1.68. The Labute approximate surface area is 148 Å². The van der Waals surface area contributed by atoms with Crippen molar-refractivity contribution < 1.29 is 31.5 Å². The molecule has 1 aliphatic heterocycles. The van der Waals surface area contributed by atoms with E-state index in [4.69, 9.17) is 4.74 Å². The fraction of sp³-hybridized carbons (Fsp3) is 0.467. The summed E-state index contributed by atoms with van der Waals surface area (Å²) in [5, 5.41) is 2.51. The maximum Gasteiger partial charge on any atom is 0.307 e. The van der Waals surface area contributed by atoms with Gasteiger partial charge in [-0.3, -0.25) is 9.59 Å². The highest BCUT2D eigenvalue weighted by molar-refractivity contribution is 7.99. The monoisotopic (exact) mass is 393 g/mol. The Bertz CT molecular complexity index is 754. The van der Waals surface area contributed by atoms with E-state index < -0.39 is 46.0 Å². The molecule has 0 unspecified atom stereocenters. The van der Waals surface area contributed by atoms with E-state index in [2.05, 4.69) is 5.32 Å². The van der Waals surface area contributed by atoms with E-state index in [1.54, 1.807) is 0 Å². The second-order valence-electron chi connectivity index (χ2n) is 5.50. The van der Waals surface area contributed by atoms with Crippen LogP contribution in [-0.2, 0) is 24.2 Å². The molecule has 1 N–H and O–H groups in total. The minimum absolute atomic E-state index is 0.00521. The SMILES string of the molecule is O=C(COC(=O)CCSc1ccc(F)c(F)c1)N[C@H]1CCS(=O)(=O)C1. The minimum Gasteiger partial charge on any atom is -0.456 e. The number of rotatable bonds is 7. The van der Waals surface area contributed by atoms with Crippen molar-refractivity contribution in [1.29, 1.82) is 0 Å². The van der Waals surface area contributed by atoms with Gasteiger partial charge in [-0.1, -0.05) is 0 Å². The summed E-state index contributed by atoms with van der Waals surface area (Å²) in [5.74, 6) is -2.83. The topological polar surface area (TPSA) is 89.5 Å². The van der Waals surface area contributed by atoms with Crippen LogP contribution in [0.15, 0.2) is 23.1 Å². The zero-order valence-corrected chi connectivity index (χ0v) is 14.8. The fourth-order valence-corrected chi connectivity index (χ4v) is 4.74. The van der Waals surface area contributed by atoms with E-state index >= 15 is 0 Å². The molecular weight excluding hydrogens is 376 g/mol. The van der Waals surface area contributed by atoms with Crippen LogP contribution in [0.5, 0.6) is 0 Å². The van der Waals surface area contributed by atoms with Gasteiger partial charge in [0.15, 0.2) is 28.1 Å². The van der Waals surface area contributed by atoms with E-state index in [-0.39, 0.29) is 23.7 Å². The molecular formula is C15H17F2NO5S2. The molecule has 6 nitrogen and oxygen atoms in total. The Morgan fingerprint density at radius 2 is 2.04 bits per heavy atom. The largest absolute Gasteiger partial charge is 0.456 e. The molecule has 1 amide bonds. The van der Waals surface area contributed by atoms with Crippen LogP contribution in [0, 0.1) is 11.6 Å². The van der Waals surface area contributed by atoms with Crippen molar-refractivity contribution in [3.8, 4) is 0 Å². The first-order chi connectivity index (χ1) is 11.7. The molecule has 1 aromatic carbocycles. The lowest BCUT2D eigenvalue weighted by Gasteiger charge is -2.11. The number of benzene rings is 1. The van der Waals surface area contributed by atoms with Gasteiger partial charge in [-0.15, -0.1) is 11.8 Å². The summed E-state index contributed by atoms with van der Waals surface area (Å²) in [7, 11) is -3.09. The Morgan fingerprint density at radius 1 is 1.28 bits per heavy atom. The molecule has 1 saturated heterocycles. The third-order valence-corrected chi connectivity index (χ3v) is 6.19. The van der Waals surface area contributed by atoms with Crippen LogP contribution in [0.2, 0.25) is 0 Å². The molecule has 0 bridgehead atoms. The fourth-order valence-electron chi connectivity index (χ4n) is 2.22. The molecule has 1 aliphatic rings. The Kier molecular flexibility index (Phi) is 6.77. The minimum atomic E-state index is -3.09. The highest BCUT2D eigenvalue weighted by atomic mass is 32.2. The van der Waals surface area contributed by atoms with E-state index in [1.165, 1.54) is 6.07 Å². The maximum atomic E-state index is 13.0. The highest BCUT2D eigenvalue weighted by Gasteiger charge is 2.28. The molecule has 1 heterocycles. The number of ether oxygens (including phenoxy) is 1. The summed E-state index contributed by atoms with van der Waals surface area (Å²) in [6, 6.07) is 3.00. The number of carbonyl (C=O) groups excluding carboxylic acids is 2. The number of nitrogens with one attached hydrogen (secondary N) is 1. The number of halogens is 2. The molecule has 25 heavy (non-hydrogen) atoms. The Balaban J connectivity index is 1.63. The molecule has 0 aliphatic carbocycles. The van der Waals surface area contributed by atoms with E-state index in [9.17, 15) is 26.8 Å². The van der Waals surface area contributed by atoms with Crippen molar-refractivity contribution in [1.82, 2.24) is 5.32 Å². The maximum absolute atomic E-state index is 13.0. The first kappa shape index (κ1) is 19.6. The molecule has 1 atom stereocenters. The summed E-state index contributed by atoms with van der Waals surface area (Å²) in [6.45, 7) is -0.481. The normalized spacial score (nSPS) is 18.7. The van der Waals surface area contributed by atoms with Gasteiger partial charge >= 0.3 is 5.97 Å². The quantitative estimate of drug-likeness (QED) is 0.555. The Morgan fingerprint density at radius 3 is 2.68 bits per heavy atom. The van der Waals surface area contributed by atoms with Crippen LogP contribution >= 0.6 is 11.8 Å². The average molecular weight is 393 g/mol. The van der Waals surface area contributed by atoms with Gasteiger partial charge in [0.1, 0.15) is 0 Å². The van der Waals surface area contributed by atoms with Crippen LogP contribution in [0.1, 0.15) is 12.8 Å². The summed E-state index contributed by atoms with van der Waals surface area (Å²) >= 11 is 1.16. The molecule has 10 heteroatoms. The van der Waals surface area contributed by atoms with Crippen molar-refractivity contribution in [2.24, 2.45) is 0 Å². The molecule has 0 spiro atoms. The van der Waals surface area contributed by atoms with Gasteiger partial charge in [0.2, 0.25) is 0 Å². The molecule has 2 rings (SSSR count). The summed E-state index contributed by atoms with van der Waals surface area (Å²) in [5.41, 5.74) is 0. The number of hydrogen-bond donors (Lipinski definition) is 1. The van der Waals surface area contributed by atoms with Gasteiger partial charge in [0, 0.05) is 16.7 Å². The second-order valence-corrected chi connectivity index (χ2v) is 8.90. The van der Waals surface area contributed by atoms with Crippen LogP contribution in [-0.4, -0.2) is 50.2 Å². The molecule has 0 radical (unpaired) electrons. The molecule has 138 valence electrons. The van der Waals surface area contributed by atoms with Crippen LogP contribution in [0.4, 0.5) is 8.78 Å². The lowest BCUT2D eigenvalue weighted by atomic mass is 10.2. The molecule has 1 fully saturated rings. The van der Waals surface area contributed by atoms with E-state index in [0.29, 0.717) is 11.3 Å². The zero-order valence-electron chi connectivity index (χ0n) is 13.2. The molecule has 0 saturated carbocycles. The lowest BCUT2D eigenvalue weighted by Crippen LogP contribution is -2.38. The van der Waals surface area contributed by atoms with E-state index in [1.807, 2.05) is 0 Å². The number of amides is 1. The smallest absolute Gasteiger partial charge is 0.307 e. The lowest BCUT2D eigenvalue weighted by molar-refractivity contribution is -0.148. The van der Waals surface area contributed by atoms with Crippen molar-refractivity contribution in [2.45, 2.75) is 23.8 Å². The molecule has 1 aromatic rings. The van der Waals surface area contributed by atoms with Gasteiger partial charge in [0.25, 0.3) is 5.91 Å². The number of esters is 1. The van der Waals surface area contributed by atoms with Gasteiger partial charge < -0.3 is 10.1 Å². The van der Waals surface area contributed by atoms with Gasteiger partial charge in [-0.25, -0.2) is 17.2 Å². The van der Waals surface area contributed by atoms with Crippen LogP contribution in [0.3, 0.4) is 0 Å². The first-order valence-electron chi connectivity index (χ1n) is 7.48. The highest BCUT2D eigenvalue weighted by Crippen LogP contribution is 2.21. The van der Waals surface area contributed by atoms with Crippen LogP contribution < -0.4 is 5.32 Å². The standard InChI is InChI=1S/C15H17F2NO5S2/c16-12-2-1-11(7-13(12)17)24-5-3-15(20)23-8-14(19)18-10-4-6-25(21,22)9-10/h1-2,7,10H,3-6,8-9H2,(H,18,19)/t10-/m0/s1. The first-order valence-corrected chi connectivity index (χ1v) is 10.3. The van der Waals surface area contributed by atoms with Crippen LogP contribution in [0.25, 0.3) is 0 Å². The van der Waals surface area contributed by atoms with Crippen molar-refractivity contribution >= 4 is 33.5 Å². The van der Waals surface area contributed by atoms with Crippen molar-refractivity contribution in [3.63, 3.8) is 0 Å². The summed E-state index contributed by atoms with van der Waals surface area (Å²) < 4.78 is 53.2. The van der Waals surface area contributed by atoms with Crippen molar-refractivity contribution in [3.05, 3.63) is 29.8 Å². The summed E-state index contributed by atoms with van der Waals surface area (Å²) in [6.07, 6.45) is 0.349. The third kappa shape index (κ3) is 6.62. The second kappa shape index (κ2) is 8.61. The predicted molar refractivity (Wildman–Crippen MR) is 87.9 cm³/mol. The van der Waals surface area contributed by atoms with Crippen molar-refractivity contribution in [2.75, 3.05) is 23.9 Å². The van der Waals surface area contributed by atoms with E-state index in [0.717, 1.165) is 23.9 Å². The van der Waals surface area contributed by atoms with Gasteiger partial charge in [-0.2, -0.15) is 0 Å². The number of hydrogen-bond acceptors (Lipinski definition) is 6. The average Bonchev–Trinajstić information content (AvgIpc) is 2.87. The van der Waals surface area contributed by atoms with Gasteiger partial charge in [0.05, 0.1) is 17.9 Å². The number of thioether (sulfide) groups is 1. The molecule has 0 aromatic heterocycles. The zero-order chi connectivity index (χ0) is 18.4. The van der Waals surface area contributed by atoms with Gasteiger partial charge in [-0.05, 0) is 24.6 Å². The summed E-state index contributed by atoms with van der Waals surface area (Å²) in [4.78, 5) is 23.6.